The Labute approximate surface area is 199 Å². The zero-order chi connectivity index (χ0) is 25.4. The van der Waals surface area contributed by atoms with Gasteiger partial charge in [-0.05, 0) is 42.8 Å². The Bertz CT molecular complexity index is 1140. The number of alkyl halides is 3. The lowest BCUT2D eigenvalue weighted by Crippen LogP contribution is -2.26. The normalized spacial score (nSPS) is 12.1. The van der Waals surface area contributed by atoms with Gasteiger partial charge in [0.05, 0.1) is 35.0 Å². The molecule has 0 saturated heterocycles. The van der Waals surface area contributed by atoms with Gasteiger partial charge >= 0.3 is 12.1 Å². The van der Waals surface area contributed by atoms with Crippen molar-refractivity contribution in [3.8, 4) is 11.3 Å². The molecule has 1 aromatic carbocycles. The zero-order valence-corrected chi connectivity index (χ0v) is 18.8. The largest absolute Gasteiger partial charge is 0.481 e. The second kappa shape index (κ2) is 11.4. The molecule has 1 unspecified atom stereocenters. The minimum Gasteiger partial charge on any atom is -0.481 e. The number of hydrogen-bond acceptors (Lipinski definition) is 6. The van der Waals surface area contributed by atoms with Crippen LogP contribution in [0.5, 0.6) is 0 Å². The van der Waals surface area contributed by atoms with E-state index >= 15 is 0 Å². The number of aliphatic carboxylic acids is 1. The maximum Gasteiger partial charge on any atom is 0.416 e. The van der Waals surface area contributed by atoms with Crippen LogP contribution in [0.25, 0.3) is 11.3 Å². The Hall–Kier alpha value is -4.02. The fourth-order valence-corrected chi connectivity index (χ4v) is 3.29. The lowest BCUT2D eigenvalue weighted by atomic mass is 10.1. The van der Waals surface area contributed by atoms with E-state index in [-0.39, 0.29) is 19.0 Å². The summed E-state index contributed by atoms with van der Waals surface area (Å²) in [7, 11) is 0. The van der Waals surface area contributed by atoms with Gasteiger partial charge in [0.1, 0.15) is 5.82 Å². The third-order valence-electron chi connectivity index (χ3n) is 5.10. The lowest BCUT2D eigenvalue weighted by molar-refractivity contribution is -0.138. The van der Waals surface area contributed by atoms with Gasteiger partial charge in [-0.3, -0.25) is 14.6 Å². The number of rotatable bonds is 10. The van der Waals surface area contributed by atoms with Crippen molar-refractivity contribution >= 4 is 17.7 Å². The highest BCUT2D eigenvalue weighted by atomic mass is 19.4. The number of carboxylic acid groups (broad SMARTS) is 1. The summed E-state index contributed by atoms with van der Waals surface area (Å²) in [5.41, 5.74) is 1.22. The second-order valence-corrected chi connectivity index (χ2v) is 7.74. The average molecular weight is 487 g/mol. The number of carboxylic acids is 1. The summed E-state index contributed by atoms with van der Waals surface area (Å²) in [6, 6.07) is 11.2. The van der Waals surface area contributed by atoms with Crippen LogP contribution < -0.4 is 10.6 Å². The highest BCUT2D eigenvalue weighted by Crippen LogP contribution is 2.30. The molecular weight excluding hydrogens is 463 g/mol. The van der Waals surface area contributed by atoms with Crippen LogP contribution in [-0.2, 0) is 11.0 Å². The highest BCUT2D eigenvalue weighted by Gasteiger charge is 2.30. The molecule has 0 radical (unpaired) electrons. The van der Waals surface area contributed by atoms with Crippen molar-refractivity contribution < 1.29 is 27.9 Å². The second-order valence-electron chi connectivity index (χ2n) is 7.74. The Morgan fingerprint density at radius 3 is 2.31 bits per heavy atom. The van der Waals surface area contributed by atoms with Crippen molar-refractivity contribution in [3.63, 3.8) is 0 Å². The monoisotopic (exact) mass is 487 g/mol. The number of carbonyl (C=O) groups is 2. The van der Waals surface area contributed by atoms with Crippen LogP contribution in [0.3, 0.4) is 0 Å². The van der Waals surface area contributed by atoms with Crippen molar-refractivity contribution in [2.24, 2.45) is 0 Å². The van der Waals surface area contributed by atoms with Crippen LogP contribution >= 0.6 is 0 Å². The SMILES string of the molecule is CCCC(Nc1ccc(-c2ccc(C(F)(F)F)cc2)nn1)c1ccc(C(=O)NCCC(=O)O)cn1. The summed E-state index contributed by atoms with van der Waals surface area (Å²) in [5.74, 6) is -0.936. The van der Waals surface area contributed by atoms with Gasteiger partial charge in [0.15, 0.2) is 0 Å². The van der Waals surface area contributed by atoms with E-state index < -0.39 is 23.6 Å². The Balaban J connectivity index is 1.67. The van der Waals surface area contributed by atoms with Crippen LogP contribution in [0.15, 0.2) is 54.7 Å². The molecule has 8 nitrogen and oxygen atoms in total. The molecule has 3 rings (SSSR count). The maximum absolute atomic E-state index is 12.8. The molecule has 3 N–H and O–H groups in total. The molecule has 184 valence electrons. The fourth-order valence-electron chi connectivity index (χ4n) is 3.29. The first-order valence-corrected chi connectivity index (χ1v) is 10.9. The van der Waals surface area contributed by atoms with E-state index in [0.717, 1.165) is 25.0 Å². The van der Waals surface area contributed by atoms with Gasteiger partial charge in [-0.15, -0.1) is 10.2 Å². The predicted octanol–water partition coefficient (Wildman–Crippen LogP) is 4.72. The van der Waals surface area contributed by atoms with E-state index in [1.54, 1.807) is 24.3 Å². The van der Waals surface area contributed by atoms with Gasteiger partial charge in [0, 0.05) is 18.3 Å². The molecule has 0 fully saturated rings. The molecule has 0 aliphatic heterocycles. The van der Waals surface area contributed by atoms with Gasteiger partial charge < -0.3 is 15.7 Å². The third-order valence-corrected chi connectivity index (χ3v) is 5.10. The standard InChI is InChI=1S/C24H24F3N5O3/c1-2-3-20(19-9-6-16(14-29-19)23(35)28-13-12-22(33)34)30-21-11-10-18(31-32-21)15-4-7-17(8-5-15)24(25,26)27/h4-11,14,20H,2-3,12-13H2,1H3,(H,28,35)(H,30,32)(H,33,34). The van der Waals surface area contributed by atoms with Crippen LogP contribution in [0.1, 0.15) is 53.8 Å². The number of benzene rings is 1. The highest BCUT2D eigenvalue weighted by molar-refractivity contribution is 5.94. The predicted molar refractivity (Wildman–Crippen MR) is 123 cm³/mol. The molecule has 3 aromatic rings. The van der Waals surface area contributed by atoms with E-state index in [4.69, 9.17) is 5.11 Å². The van der Waals surface area contributed by atoms with Gasteiger partial charge in [-0.1, -0.05) is 25.5 Å². The molecule has 35 heavy (non-hydrogen) atoms. The number of pyridine rings is 1. The summed E-state index contributed by atoms with van der Waals surface area (Å²) < 4.78 is 38.3. The molecule has 11 heteroatoms. The lowest BCUT2D eigenvalue weighted by Gasteiger charge is -2.18. The minimum absolute atomic E-state index is 0.0249. The Kier molecular flexibility index (Phi) is 8.34. The maximum atomic E-state index is 12.8. The van der Waals surface area contributed by atoms with Crippen LogP contribution in [-0.4, -0.2) is 38.7 Å². The number of halogens is 3. The van der Waals surface area contributed by atoms with Gasteiger partial charge in [0.2, 0.25) is 0 Å². The van der Waals surface area contributed by atoms with Gasteiger partial charge in [0.25, 0.3) is 5.91 Å². The number of hydrogen-bond donors (Lipinski definition) is 3. The van der Waals surface area contributed by atoms with Gasteiger partial charge in [-0.25, -0.2) is 0 Å². The molecule has 0 spiro atoms. The van der Waals surface area contributed by atoms with Crippen LogP contribution in [0.4, 0.5) is 19.0 Å². The van der Waals surface area contributed by atoms with E-state index in [1.165, 1.54) is 18.3 Å². The van der Waals surface area contributed by atoms with Crippen molar-refractivity contribution in [1.82, 2.24) is 20.5 Å². The van der Waals surface area contributed by atoms with Crippen molar-refractivity contribution in [3.05, 3.63) is 71.5 Å². The number of amides is 1. The molecule has 2 aromatic heterocycles. The summed E-state index contributed by atoms with van der Waals surface area (Å²) in [5, 5.41) is 22.7. The van der Waals surface area contributed by atoms with Crippen molar-refractivity contribution in [2.75, 3.05) is 11.9 Å². The topological polar surface area (TPSA) is 117 Å². The van der Waals surface area contributed by atoms with E-state index in [1.807, 2.05) is 6.92 Å². The third kappa shape index (κ3) is 7.23. The minimum atomic E-state index is -4.40. The molecule has 1 amide bonds. The van der Waals surface area contributed by atoms with Crippen molar-refractivity contribution in [2.45, 2.75) is 38.4 Å². The average Bonchev–Trinajstić information content (AvgIpc) is 2.83. The van der Waals surface area contributed by atoms with E-state index in [0.29, 0.717) is 28.3 Å². The molecule has 1 atom stereocenters. The van der Waals surface area contributed by atoms with Gasteiger partial charge in [-0.2, -0.15) is 13.2 Å². The number of aromatic nitrogens is 3. The summed E-state index contributed by atoms with van der Waals surface area (Å²) in [6.07, 6.45) is -1.58. The Morgan fingerprint density at radius 2 is 1.77 bits per heavy atom. The Morgan fingerprint density at radius 1 is 1.03 bits per heavy atom. The zero-order valence-electron chi connectivity index (χ0n) is 18.8. The fraction of sp³-hybridized carbons (Fsp3) is 0.292. The molecular formula is C24H24F3N5O3. The quantitative estimate of drug-likeness (QED) is 0.379. The molecule has 0 aliphatic rings. The molecule has 0 aliphatic carbocycles. The number of anilines is 1. The van der Waals surface area contributed by atoms with E-state index in [2.05, 4.69) is 25.8 Å². The first-order valence-electron chi connectivity index (χ1n) is 10.9. The van der Waals surface area contributed by atoms with Crippen LogP contribution in [0.2, 0.25) is 0 Å². The molecule has 0 bridgehead atoms. The summed E-state index contributed by atoms with van der Waals surface area (Å²) >= 11 is 0. The van der Waals surface area contributed by atoms with Crippen molar-refractivity contribution in [1.29, 1.82) is 0 Å². The first kappa shape index (κ1) is 25.6. The van der Waals surface area contributed by atoms with E-state index in [9.17, 15) is 22.8 Å². The number of nitrogens with zero attached hydrogens (tertiary/aromatic N) is 3. The number of carbonyl (C=O) groups excluding carboxylic acids is 1. The smallest absolute Gasteiger partial charge is 0.416 e. The summed E-state index contributed by atoms with van der Waals surface area (Å²) in [4.78, 5) is 27.0. The van der Waals surface area contributed by atoms with Crippen LogP contribution in [0, 0.1) is 0 Å². The number of nitrogens with one attached hydrogen (secondary N) is 2. The molecule has 0 saturated carbocycles. The molecule has 2 heterocycles. The first-order chi connectivity index (χ1) is 16.7. The summed E-state index contributed by atoms with van der Waals surface area (Å²) in [6.45, 7) is 2.04.